The lowest BCUT2D eigenvalue weighted by atomic mass is 10.2. The third kappa shape index (κ3) is 4.75. The van der Waals surface area contributed by atoms with Gasteiger partial charge in [-0.2, -0.15) is 18.2 Å². The molecular formula is C13H14F3N3O2. The third-order valence-electron chi connectivity index (χ3n) is 2.62. The van der Waals surface area contributed by atoms with E-state index in [0.29, 0.717) is 11.7 Å². The maximum absolute atomic E-state index is 11.9. The minimum atomic E-state index is -4.32. The van der Waals surface area contributed by atoms with Crippen LogP contribution < -0.4 is 5.32 Å². The second-order valence-corrected chi connectivity index (χ2v) is 4.26. The largest absolute Gasteiger partial charge is 0.411 e. The molecule has 0 radical (unpaired) electrons. The lowest BCUT2D eigenvalue weighted by Crippen LogP contribution is -2.18. The van der Waals surface area contributed by atoms with E-state index in [1.165, 1.54) is 0 Å². The maximum atomic E-state index is 11.9. The average molecular weight is 301 g/mol. The van der Waals surface area contributed by atoms with Gasteiger partial charge in [-0.05, 0) is 24.3 Å². The SMILES string of the molecule is CNc1ccc(-c2nc(CCOCC(F)(F)F)no2)cc1. The van der Waals surface area contributed by atoms with Gasteiger partial charge >= 0.3 is 6.18 Å². The quantitative estimate of drug-likeness (QED) is 0.831. The van der Waals surface area contributed by atoms with Crippen molar-refractivity contribution in [1.29, 1.82) is 0 Å². The molecule has 0 fully saturated rings. The molecule has 0 aliphatic carbocycles. The number of hydrogen-bond acceptors (Lipinski definition) is 5. The Kier molecular flexibility index (Phi) is 4.79. The zero-order chi connectivity index (χ0) is 15.3. The Hall–Kier alpha value is -2.09. The molecule has 0 aliphatic rings. The lowest BCUT2D eigenvalue weighted by Gasteiger charge is -2.05. The minimum absolute atomic E-state index is 0.114. The first kappa shape index (κ1) is 15.3. The van der Waals surface area contributed by atoms with E-state index in [4.69, 9.17) is 4.52 Å². The fraction of sp³-hybridized carbons (Fsp3) is 0.385. The summed E-state index contributed by atoms with van der Waals surface area (Å²) in [4.78, 5) is 4.11. The predicted molar refractivity (Wildman–Crippen MR) is 69.9 cm³/mol. The summed E-state index contributed by atoms with van der Waals surface area (Å²) in [6.07, 6.45) is -4.16. The van der Waals surface area contributed by atoms with Gasteiger partial charge in [0, 0.05) is 24.7 Å². The molecule has 1 N–H and O–H groups in total. The molecule has 1 heterocycles. The summed E-state index contributed by atoms with van der Waals surface area (Å²) in [6, 6.07) is 7.32. The highest BCUT2D eigenvalue weighted by Crippen LogP contribution is 2.19. The summed E-state index contributed by atoms with van der Waals surface area (Å²) in [5.41, 5.74) is 1.68. The Balaban J connectivity index is 1.88. The number of anilines is 1. The van der Waals surface area contributed by atoms with E-state index in [2.05, 4.69) is 20.2 Å². The first-order valence-corrected chi connectivity index (χ1v) is 6.23. The second kappa shape index (κ2) is 6.57. The Morgan fingerprint density at radius 2 is 1.95 bits per heavy atom. The molecular weight excluding hydrogens is 287 g/mol. The maximum Gasteiger partial charge on any atom is 0.411 e. The van der Waals surface area contributed by atoms with Crippen LogP contribution in [0.15, 0.2) is 28.8 Å². The highest BCUT2D eigenvalue weighted by Gasteiger charge is 2.27. The Morgan fingerprint density at radius 3 is 2.57 bits per heavy atom. The Labute approximate surface area is 119 Å². The van der Waals surface area contributed by atoms with Crippen molar-refractivity contribution in [3.05, 3.63) is 30.1 Å². The van der Waals surface area contributed by atoms with Crippen LogP contribution in [0.1, 0.15) is 5.82 Å². The summed E-state index contributed by atoms with van der Waals surface area (Å²) >= 11 is 0. The molecule has 0 spiro atoms. The van der Waals surface area contributed by atoms with Gasteiger partial charge < -0.3 is 14.6 Å². The Bertz CT molecular complexity index is 567. The van der Waals surface area contributed by atoms with Gasteiger partial charge in [-0.25, -0.2) is 0 Å². The van der Waals surface area contributed by atoms with Gasteiger partial charge in [0.15, 0.2) is 5.82 Å². The third-order valence-corrected chi connectivity index (χ3v) is 2.62. The van der Waals surface area contributed by atoms with Crippen molar-refractivity contribution in [3.8, 4) is 11.5 Å². The monoisotopic (exact) mass is 301 g/mol. The van der Waals surface area contributed by atoms with Crippen LogP contribution >= 0.6 is 0 Å². The molecule has 8 heteroatoms. The molecule has 114 valence electrons. The fourth-order valence-corrected chi connectivity index (χ4v) is 1.60. The van der Waals surface area contributed by atoms with Crippen LogP contribution in [0.2, 0.25) is 0 Å². The number of nitrogens with one attached hydrogen (secondary N) is 1. The van der Waals surface area contributed by atoms with E-state index < -0.39 is 12.8 Å². The summed E-state index contributed by atoms with van der Waals surface area (Å²) in [7, 11) is 1.81. The van der Waals surface area contributed by atoms with Crippen molar-refractivity contribution >= 4 is 5.69 Å². The normalized spacial score (nSPS) is 11.6. The van der Waals surface area contributed by atoms with Crippen LogP contribution in [0.5, 0.6) is 0 Å². The number of nitrogens with zero attached hydrogens (tertiary/aromatic N) is 2. The zero-order valence-corrected chi connectivity index (χ0v) is 11.3. The number of hydrogen-bond donors (Lipinski definition) is 1. The van der Waals surface area contributed by atoms with E-state index in [0.717, 1.165) is 11.3 Å². The first-order valence-electron chi connectivity index (χ1n) is 6.23. The molecule has 0 aliphatic heterocycles. The number of ether oxygens (including phenoxy) is 1. The molecule has 0 amide bonds. The van der Waals surface area contributed by atoms with Crippen molar-refractivity contribution in [1.82, 2.24) is 10.1 Å². The molecule has 2 rings (SSSR count). The summed E-state index contributed by atoms with van der Waals surface area (Å²) in [6.45, 7) is -1.39. The highest BCUT2D eigenvalue weighted by molar-refractivity contribution is 5.58. The van der Waals surface area contributed by atoms with E-state index in [1.54, 1.807) is 7.05 Å². The molecule has 1 aromatic heterocycles. The number of aromatic nitrogens is 2. The van der Waals surface area contributed by atoms with Crippen LogP contribution in [0.25, 0.3) is 11.5 Å². The van der Waals surface area contributed by atoms with Gasteiger partial charge in [-0.15, -0.1) is 0 Å². The van der Waals surface area contributed by atoms with E-state index >= 15 is 0 Å². The van der Waals surface area contributed by atoms with Gasteiger partial charge in [0.05, 0.1) is 6.61 Å². The molecule has 0 atom stereocenters. The van der Waals surface area contributed by atoms with Crippen molar-refractivity contribution in [2.45, 2.75) is 12.6 Å². The standard InChI is InChI=1S/C13H14F3N3O2/c1-17-10-4-2-9(3-5-10)12-18-11(19-21-12)6-7-20-8-13(14,15)16/h2-5,17H,6-8H2,1H3. The molecule has 0 saturated carbocycles. The first-order chi connectivity index (χ1) is 9.98. The smallest absolute Gasteiger partial charge is 0.388 e. The molecule has 21 heavy (non-hydrogen) atoms. The van der Waals surface area contributed by atoms with E-state index in [9.17, 15) is 13.2 Å². The van der Waals surface area contributed by atoms with Crippen molar-refractivity contribution in [2.24, 2.45) is 0 Å². The summed E-state index contributed by atoms with van der Waals surface area (Å²) in [5.74, 6) is 0.633. The van der Waals surface area contributed by atoms with Crippen molar-refractivity contribution < 1.29 is 22.4 Å². The van der Waals surface area contributed by atoms with Crippen LogP contribution in [0.3, 0.4) is 0 Å². The fourth-order valence-electron chi connectivity index (χ4n) is 1.60. The zero-order valence-electron chi connectivity index (χ0n) is 11.3. The lowest BCUT2D eigenvalue weighted by molar-refractivity contribution is -0.173. The topological polar surface area (TPSA) is 60.2 Å². The van der Waals surface area contributed by atoms with Gasteiger partial charge in [0.1, 0.15) is 6.61 Å². The van der Waals surface area contributed by atoms with E-state index in [1.807, 2.05) is 24.3 Å². The van der Waals surface area contributed by atoms with Gasteiger partial charge in [0.2, 0.25) is 0 Å². The molecule has 5 nitrogen and oxygen atoms in total. The minimum Gasteiger partial charge on any atom is -0.388 e. The van der Waals surface area contributed by atoms with Gasteiger partial charge in [-0.3, -0.25) is 0 Å². The number of alkyl halides is 3. The molecule has 0 saturated heterocycles. The molecule has 0 unspecified atom stereocenters. The van der Waals surface area contributed by atoms with Gasteiger partial charge in [-0.1, -0.05) is 5.16 Å². The Morgan fingerprint density at radius 1 is 1.24 bits per heavy atom. The number of benzene rings is 1. The van der Waals surface area contributed by atoms with E-state index in [-0.39, 0.29) is 13.0 Å². The molecule has 0 bridgehead atoms. The van der Waals surface area contributed by atoms with Crippen LogP contribution in [0, 0.1) is 0 Å². The predicted octanol–water partition coefficient (Wildman–Crippen LogP) is 2.90. The van der Waals surface area contributed by atoms with Crippen LogP contribution in [-0.4, -0.2) is 36.6 Å². The molecule has 2 aromatic rings. The number of rotatable bonds is 6. The van der Waals surface area contributed by atoms with Crippen molar-refractivity contribution in [3.63, 3.8) is 0 Å². The second-order valence-electron chi connectivity index (χ2n) is 4.26. The highest BCUT2D eigenvalue weighted by atomic mass is 19.4. The average Bonchev–Trinajstić information content (AvgIpc) is 2.91. The number of halogens is 3. The van der Waals surface area contributed by atoms with Crippen LogP contribution in [-0.2, 0) is 11.2 Å². The summed E-state index contributed by atoms with van der Waals surface area (Å²) in [5, 5.41) is 6.69. The summed E-state index contributed by atoms with van der Waals surface area (Å²) < 4.78 is 45.2. The van der Waals surface area contributed by atoms with Crippen molar-refractivity contribution in [2.75, 3.05) is 25.6 Å². The molecule has 1 aromatic carbocycles. The van der Waals surface area contributed by atoms with Crippen LogP contribution in [0.4, 0.5) is 18.9 Å². The van der Waals surface area contributed by atoms with Gasteiger partial charge in [0.25, 0.3) is 5.89 Å².